The van der Waals surface area contributed by atoms with Gasteiger partial charge in [0, 0.05) is 26.1 Å². The van der Waals surface area contributed by atoms with E-state index >= 15 is 0 Å². The standard InChI is InChI=1S/C18H34O3/c1-17(13-9-5-3-7-11-15-19)21-18(2)14-10-6-4-8-12-16-20/h19-20H,1-16H2. The second kappa shape index (κ2) is 15.6. The maximum atomic E-state index is 8.69. The summed E-state index contributed by atoms with van der Waals surface area (Å²) in [6.07, 6.45) is 12.7. The van der Waals surface area contributed by atoms with Crippen molar-refractivity contribution in [2.75, 3.05) is 13.2 Å². The summed E-state index contributed by atoms with van der Waals surface area (Å²) in [6.45, 7) is 8.50. The van der Waals surface area contributed by atoms with Crippen molar-refractivity contribution >= 4 is 0 Å². The van der Waals surface area contributed by atoms with Crippen molar-refractivity contribution in [3.63, 3.8) is 0 Å². The first kappa shape index (κ1) is 20.2. The molecule has 0 bridgehead atoms. The van der Waals surface area contributed by atoms with E-state index in [1.807, 2.05) is 0 Å². The molecule has 0 radical (unpaired) electrons. The maximum Gasteiger partial charge on any atom is 0.0964 e. The van der Waals surface area contributed by atoms with Crippen molar-refractivity contribution in [1.82, 2.24) is 0 Å². The molecular formula is C18H34O3. The van der Waals surface area contributed by atoms with Gasteiger partial charge in [0.1, 0.15) is 0 Å². The third-order valence-corrected chi connectivity index (χ3v) is 3.52. The molecule has 0 aliphatic carbocycles. The molecule has 0 aromatic carbocycles. The molecule has 0 aromatic heterocycles. The Kier molecular flexibility index (Phi) is 15.0. The van der Waals surface area contributed by atoms with Gasteiger partial charge < -0.3 is 14.9 Å². The van der Waals surface area contributed by atoms with Gasteiger partial charge in [0.2, 0.25) is 0 Å². The first-order chi connectivity index (χ1) is 10.2. The monoisotopic (exact) mass is 298 g/mol. The predicted molar refractivity (Wildman–Crippen MR) is 88.9 cm³/mol. The smallest absolute Gasteiger partial charge is 0.0964 e. The lowest BCUT2D eigenvalue weighted by Gasteiger charge is -2.11. The molecule has 0 heterocycles. The third kappa shape index (κ3) is 15.4. The van der Waals surface area contributed by atoms with E-state index in [-0.39, 0.29) is 0 Å². The quantitative estimate of drug-likeness (QED) is 0.321. The molecule has 3 nitrogen and oxygen atoms in total. The summed E-state index contributed by atoms with van der Waals surface area (Å²) in [5, 5.41) is 17.4. The first-order valence-corrected chi connectivity index (χ1v) is 8.45. The number of allylic oxidation sites excluding steroid dienone is 2. The van der Waals surface area contributed by atoms with Gasteiger partial charge >= 0.3 is 0 Å². The van der Waals surface area contributed by atoms with Crippen LogP contribution >= 0.6 is 0 Å². The minimum absolute atomic E-state index is 0.301. The molecule has 0 atom stereocenters. The average molecular weight is 298 g/mol. The van der Waals surface area contributed by atoms with Crippen molar-refractivity contribution in [2.45, 2.75) is 77.0 Å². The lowest BCUT2D eigenvalue weighted by molar-refractivity contribution is 0.270. The average Bonchev–Trinajstić information content (AvgIpc) is 2.46. The zero-order valence-corrected chi connectivity index (χ0v) is 13.6. The molecular weight excluding hydrogens is 264 g/mol. The SMILES string of the molecule is C=C(CCCCCCCO)OC(=C)CCCCCCCO. The van der Waals surface area contributed by atoms with Crippen LogP contribution in [0.25, 0.3) is 0 Å². The van der Waals surface area contributed by atoms with Crippen LogP contribution in [0.1, 0.15) is 77.0 Å². The molecule has 124 valence electrons. The summed E-state index contributed by atoms with van der Waals surface area (Å²) in [5.74, 6) is 1.64. The molecule has 0 saturated carbocycles. The van der Waals surface area contributed by atoms with Crippen molar-refractivity contribution in [1.29, 1.82) is 0 Å². The van der Waals surface area contributed by atoms with E-state index in [0.717, 1.165) is 62.9 Å². The van der Waals surface area contributed by atoms with E-state index in [0.29, 0.717) is 13.2 Å². The Morgan fingerprint density at radius 1 is 0.571 bits per heavy atom. The van der Waals surface area contributed by atoms with E-state index in [9.17, 15) is 0 Å². The Labute approximate surface area is 130 Å². The highest BCUT2D eigenvalue weighted by atomic mass is 16.5. The molecule has 0 aliphatic heterocycles. The minimum Gasteiger partial charge on any atom is -0.467 e. The van der Waals surface area contributed by atoms with Gasteiger partial charge in [-0.05, 0) is 25.7 Å². The second-order valence-corrected chi connectivity index (χ2v) is 5.66. The Bertz CT molecular complexity index is 235. The van der Waals surface area contributed by atoms with Crippen LogP contribution in [-0.2, 0) is 4.74 Å². The third-order valence-electron chi connectivity index (χ3n) is 3.52. The van der Waals surface area contributed by atoms with Gasteiger partial charge in [-0.3, -0.25) is 0 Å². The van der Waals surface area contributed by atoms with Gasteiger partial charge in [0.25, 0.3) is 0 Å². The van der Waals surface area contributed by atoms with Crippen LogP contribution in [0.2, 0.25) is 0 Å². The summed E-state index contributed by atoms with van der Waals surface area (Å²) >= 11 is 0. The fourth-order valence-electron chi connectivity index (χ4n) is 2.23. The van der Waals surface area contributed by atoms with Gasteiger partial charge in [0.15, 0.2) is 0 Å². The van der Waals surface area contributed by atoms with Gasteiger partial charge in [0.05, 0.1) is 11.5 Å². The first-order valence-electron chi connectivity index (χ1n) is 8.45. The van der Waals surface area contributed by atoms with Crippen molar-refractivity contribution in [3.8, 4) is 0 Å². The Balaban J connectivity index is 3.38. The topological polar surface area (TPSA) is 49.7 Å². The van der Waals surface area contributed by atoms with Crippen molar-refractivity contribution < 1.29 is 14.9 Å². The van der Waals surface area contributed by atoms with E-state index in [1.54, 1.807) is 0 Å². The van der Waals surface area contributed by atoms with Gasteiger partial charge in [-0.2, -0.15) is 0 Å². The summed E-state index contributed by atoms with van der Waals surface area (Å²) in [5.41, 5.74) is 0. The van der Waals surface area contributed by atoms with Gasteiger partial charge in [-0.15, -0.1) is 0 Å². The van der Waals surface area contributed by atoms with Crippen molar-refractivity contribution in [3.05, 3.63) is 24.7 Å². The summed E-state index contributed by atoms with van der Waals surface area (Å²) in [6, 6.07) is 0. The van der Waals surface area contributed by atoms with E-state index in [4.69, 9.17) is 14.9 Å². The highest BCUT2D eigenvalue weighted by molar-refractivity contribution is 4.93. The number of aliphatic hydroxyl groups is 2. The van der Waals surface area contributed by atoms with Crippen LogP contribution in [-0.4, -0.2) is 23.4 Å². The van der Waals surface area contributed by atoms with E-state index in [2.05, 4.69) is 13.2 Å². The number of aliphatic hydroxyl groups excluding tert-OH is 2. The van der Waals surface area contributed by atoms with Gasteiger partial charge in [-0.25, -0.2) is 0 Å². The summed E-state index contributed by atoms with van der Waals surface area (Å²) in [4.78, 5) is 0. The van der Waals surface area contributed by atoms with Crippen molar-refractivity contribution in [2.24, 2.45) is 0 Å². The fraction of sp³-hybridized carbons (Fsp3) is 0.778. The Hall–Kier alpha value is -0.800. The van der Waals surface area contributed by atoms with Crippen LogP contribution < -0.4 is 0 Å². The predicted octanol–water partition coefficient (Wildman–Crippen LogP) is 4.70. The molecule has 21 heavy (non-hydrogen) atoms. The molecule has 3 heteroatoms. The molecule has 0 aromatic rings. The van der Waals surface area contributed by atoms with E-state index < -0.39 is 0 Å². The van der Waals surface area contributed by atoms with E-state index in [1.165, 1.54) is 25.7 Å². The zero-order chi connectivity index (χ0) is 15.8. The molecule has 0 unspecified atom stereocenters. The second-order valence-electron chi connectivity index (χ2n) is 5.66. The van der Waals surface area contributed by atoms with Crippen LogP contribution in [0, 0.1) is 0 Å². The number of hydrogen-bond donors (Lipinski definition) is 2. The fourth-order valence-corrected chi connectivity index (χ4v) is 2.23. The van der Waals surface area contributed by atoms with Gasteiger partial charge in [-0.1, -0.05) is 51.7 Å². The molecule has 2 N–H and O–H groups in total. The Morgan fingerprint density at radius 2 is 0.905 bits per heavy atom. The van der Waals surface area contributed by atoms with Crippen LogP contribution in [0.3, 0.4) is 0 Å². The lowest BCUT2D eigenvalue weighted by Crippen LogP contribution is -1.93. The molecule has 0 amide bonds. The molecule has 0 aliphatic rings. The maximum absolute atomic E-state index is 8.69. The highest BCUT2D eigenvalue weighted by Gasteiger charge is 2.01. The number of hydrogen-bond acceptors (Lipinski definition) is 3. The summed E-state index contributed by atoms with van der Waals surface area (Å²) in [7, 11) is 0. The Morgan fingerprint density at radius 3 is 1.29 bits per heavy atom. The van der Waals surface area contributed by atoms with Crippen LogP contribution in [0.5, 0.6) is 0 Å². The largest absolute Gasteiger partial charge is 0.467 e. The number of ether oxygens (including phenoxy) is 1. The molecule has 0 spiro atoms. The van der Waals surface area contributed by atoms with Crippen LogP contribution in [0.15, 0.2) is 24.7 Å². The molecule has 0 fully saturated rings. The molecule has 0 rings (SSSR count). The molecule has 0 saturated heterocycles. The number of rotatable bonds is 16. The highest BCUT2D eigenvalue weighted by Crippen LogP contribution is 2.17. The normalized spacial score (nSPS) is 10.6. The van der Waals surface area contributed by atoms with Crippen LogP contribution in [0.4, 0.5) is 0 Å². The summed E-state index contributed by atoms with van der Waals surface area (Å²) < 4.78 is 5.64. The lowest BCUT2D eigenvalue weighted by atomic mass is 10.1. The number of unbranched alkanes of at least 4 members (excludes halogenated alkanes) is 8. The zero-order valence-electron chi connectivity index (χ0n) is 13.6. The minimum atomic E-state index is 0.301.